The molecule has 0 radical (unpaired) electrons. The minimum Gasteiger partial charge on any atom is -0.396 e. The summed E-state index contributed by atoms with van der Waals surface area (Å²) in [5.41, 5.74) is 0.857. The van der Waals surface area contributed by atoms with Gasteiger partial charge in [0.15, 0.2) is 0 Å². The summed E-state index contributed by atoms with van der Waals surface area (Å²) in [5.74, 6) is 2.47. The molecule has 19 heavy (non-hydrogen) atoms. The monoisotopic (exact) mass is 266 g/mol. The number of aliphatic hydroxyl groups excluding tert-OH is 1. The van der Waals surface area contributed by atoms with Gasteiger partial charge in [0.25, 0.3) is 0 Å². The van der Waals surface area contributed by atoms with Crippen molar-refractivity contribution in [2.45, 2.75) is 41.0 Å². The van der Waals surface area contributed by atoms with Gasteiger partial charge >= 0.3 is 0 Å². The molecule has 0 bridgehead atoms. The van der Waals surface area contributed by atoms with Crippen molar-refractivity contribution >= 4 is 11.6 Å². The zero-order valence-corrected chi connectivity index (χ0v) is 12.7. The predicted octanol–water partition coefficient (Wildman–Crippen LogP) is 2.35. The van der Waals surface area contributed by atoms with Gasteiger partial charge in [-0.2, -0.15) is 0 Å². The minimum atomic E-state index is -0.164. The van der Waals surface area contributed by atoms with Crippen LogP contribution in [0, 0.1) is 19.3 Å². The Morgan fingerprint density at radius 2 is 1.68 bits per heavy atom. The predicted molar refractivity (Wildman–Crippen MR) is 79.6 cm³/mol. The van der Waals surface area contributed by atoms with E-state index in [1.54, 1.807) is 0 Å². The Morgan fingerprint density at radius 1 is 1.11 bits per heavy atom. The van der Waals surface area contributed by atoms with Crippen molar-refractivity contribution in [2.75, 3.05) is 30.3 Å². The first-order valence-electron chi connectivity index (χ1n) is 6.83. The van der Waals surface area contributed by atoms with Crippen molar-refractivity contribution in [1.29, 1.82) is 0 Å². The Labute approximate surface area is 115 Å². The van der Waals surface area contributed by atoms with Crippen LogP contribution in [0.5, 0.6) is 0 Å². The highest BCUT2D eigenvalue weighted by atomic mass is 16.3. The molecule has 0 amide bonds. The molecule has 1 rings (SSSR count). The zero-order valence-electron chi connectivity index (χ0n) is 12.7. The van der Waals surface area contributed by atoms with Crippen LogP contribution in [-0.2, 0) is 0 Å². The first-order valence-corrected chi connectivity index (χ1v) is 6.83. The normalized spacial score (nSPS) is 11.5. The van der Waals surface area contributed by atoms with Crippen LogP contribution in [0.1, 0.15) is 38.6 Å². The third-order valence-electron chi connectivity index (χ3n) is 2.96. The average Bonchev–Trinajstić information content (AvgIpc) is 2.37. The second-order valence-corrected chi connectivity index (χ2v) is 5.70. The molecule has 0 aliphatic heterocycles. The summed E-state index contributed by atoms with van der Waals surface area (Å²) in [7, 11) is 0. The molecule has 0 atom stereocenters. The third kappa shape index (κ3) is 4.67. The van der Waals surface area contributed by atoms with Crippen molar-refractivity contribution in [1.82, 2.24) is 9.97 Å². The number of aryl methyl sites for hydroxylation is 1. The number of rotatable bonds is 7. The molecular weight excluding hydrogens is 240 g/mol. The van der Waals surface area contributed by atoms with Gasteiger partial charge in [0, 0.05) is 30.7 Å². The molecule has 3 N–H and O–H groups in total. The number of aliphatic hydroxyl groups is 1. The van der Waals surface area contributed by atoms with Gasteiger partial charge in [0.2, 0.25) is 0 Å². The summed E-state index contributed by atoms with van der Waals surface area (Å²) < 4.78 is 0. The number of anilines is 2. The van der Waals surface area contributed by atoms with E-state index < -0.39 is 0 Å². The van der Waals surface area contributed by atoms with Crippen LogP contribution in [-0.4, -0.2) is 34.8 Å². The van der Waals surface area contributed by atoms with Crippen molar-refractivity contribution in [2.24, 2.45) is 5.41 Å². The molecule has 0 spiro atoms. The summed E-state index contributed by atoms with van der Waals surface area (Å²) in [5, 5.41) is 15.9. The zero-order chi connectivity index (χ0) is 14.5. The van der Waals surface area contributed by atoms with E-state index in [9.17, 15) is 5.11 Å². The fourth-order valence-electron chi connectivity index (χ4n) is 1.59. The molecule has 0 aliphatic rings. The highest BCUT2D eigenvalue weighted by molar-refractivity contribution is 5.57. The average molecular weight is 266 g/mol. The van der Waals surface area contributed by atoms with E-state index >= 15 is 0 Å². The fraction of sp³-hybridized carbons (Fsp3) is 0.714. The molecule has 1 aromatic heterocycles. The Morgan fingerprint density at radius 3 is 2.21 bits per heavy atom. The Bertz CT molecular complexity index is 418. The molecular formula is C14H26N4O. The summed E-state index contributed by atoms with van der Waals surface area (Å²) in [6.07, 6.45) is 1.06. The molecule has 0 unspecified atom stereocenters. The summed E-state index contributed by atoms with van der Waals surface area (Å²) in [4.78, 5) is 8.86. The SMILES string of the molecule is CCCNc1nc(C)nc(NCC(C)(C)CO)c1C. The van der Waals surface area contributed by atoms with E-state index in [4.69, 9.17) is 0 Å². The molecule has 5 nitrogen and oxygen atoms in total. The largest absolute Gasteiger partial charge is 0.396 e. The van der Waals surface area contributed by atoms with Gasteiger partial charge in [0.1, 0.15) is 17.5 Å². The van der Waals surface area contributed by atoms with Crippen LogP contribution >= 0.6 is 0 Å². The van der Waals surface area contributed by atoms with Gasteiger partial charge in [-0.05, 0) is 20.3 Å². The summed E-state index contributed by atoms with van der Waals surface area (Å²) >= 11 is 0. The fourth-order valence-corrected chi connectivity index (χ4v) is 1.59. The summed E-state index contributed by atoms with van der Waals surface area (Å²) in [6.45, 7) is 11.8. The number of hydrogen-bond donors (Lipinski definition) is 3. The maximum atomic E-state index is 9.28. The molecule has 1 heterocycles. The van der Waals surface area contributed by atoms with E-state index in [0.717, 1.165) is 36.0 Å². The Balaban J connectivity index is 2.85. The molecule has 0 saturated heterocycles. The van der Waals surface area contributed by atoms with Gasteiger partial charge < -0.3 is 15.7 Å². The number of nitrogens with zero attached hydrogens (tertiary/aromatic N) is 2. The van der Waals surface area contributed by atoms with Crippen molar-refractivity contribution in [3.05, 3.63) is 11.4 Å². The third-order valence-corrected chi connectivity index (χ3v) is 2.96. The highest BCUT2D eigenvalue weighted by Crippen LogP contribution is 2.22. The molecule has 0 aliphatic carbocycles. The lowest BCUT2D eigenvalue weighted by molar-refractivity contribution is 0.170. The van der Waals surface area contributed by atoms with Crippen molar-refractivity contribution < 1.29 is 5.11 Å². The van der Waals surface area contributed by atoms with E-state index in [2.05, 4.69) is 27.5 Å². The molecule has 0 aromatic carbocycles. The highest BCUT2D eigenvalue weighted by Gasteiger charge is 2.17. The standard InChI is InChI=1S/C14H26N4O/c1-6-7-15-12-10(2)13(18-11(3)17-12)16-8-14(4,5)9-19/h19H,6-9H2,1-5H3,(H2,15,16,17,18). The molecule has 108 valence electrons. The Hall–Kier alpha value is -1.36. The van der Waals surface area contributed by atoms with Gasteiger partial charge in [-0.25, -0.2) is 9.97 Å². The number of aromatic nitrogens is 2. The van der Waals surface area contributed by atoms with E-state index in [1.165, 1.54) is 0 Å². The van der Waals surface area contributed by atoms with Crippen LogP contribution in [0.3, 0.4) is 0 Å². The topological polar surface area (TPSA) is 70.1 Å². The van der Waals surface area contributed by atoms with Gasteiger partial charge in [0.05, 0.1) is 0 Å². The summed E-state index contributed by atoms with van der Waals surface area (Å²) in [6, 6.07) is 0. The maximum absolute atomic E-state index is 9.28. The quantitative estimate of drug-likeness (QED) is 0.706. The maximum Gasteiger partial charge on any atom is 0.134 e. The lowest BCUT2D eigenvalue weighted by atomic mass is 9.95. The molecule has 0 fully saturated rings. The van der Waals surface area contributed by atoms with Gasteiger partial charge in [-0.3, -0.25) is 0 Å². The van der Waals surface area contributed by atoms with Crippen LogP contribution < -0.4 is 10.6 Å². The minimum absolute atomic E-state index is 0.143. The van der Waals surface area contributed by atoms with Gasteiger partial charge in [-0.15, -0.1) is 0 Å². The Kier molecular flexibility index (Phi) is 5.54. The lowest BCUT2D eigenvalue weighted by Crippen LogP contribution is -2.27. The van der Waals surface area contributed by atoms with Gasteiger partial charge in [-0.1, -0.05) is 20.8 Å². The van der Waals surface area contributed by atoms with Crippen molar-refractivity contribution in [3.63, 3.8) is 0 Å². The number of nitrogens with one attached hydrogen (secondary N) is 2. The van der Waals surface area contributed by atoms with Crippen LogP contribution in [0.25, 0.3) is 0 Å². The lowest BCUT2D eigenvalue weighted by Gasteiger charge is -2.23. The molecule has 1 aromatic rings. The first kappa shape index (κ1) is 15.7. The van der Waals surface area contributed by atoms with Crippen molar-refractivity contribution in [3.8, 4) is 0 Å². The first-order chi connectivity index (χ1) is 8.89. The molecule has 5 heteroatoms. The number of hydrogen-bond acceptors (Lipinski definition) is 5. The van der Waals surface area contributed by atoms with Crippen LogP contribution in [0.15, 0.2) is 0 Å². The van der Waals surface area contributed by atoms with E-state index in [0.29, 0.717) is 6.54 Å². The van der Waals surface area contributed by atoms with E-state index in [-0.39, 0.29) is 12.0 Å². The van der Waals surface area contributed by atoms with E-state index in [1.807, 2.05) is 27.7 Å². The molecule has 0 saturated carbocycles. The van der Waals surface area contributed by atoms with Crippen LogP contribution in [0.2, 0.25) is 0 Å². The second kappa shape index (κ2) is 6.70. The second-order valence-electron chi connectivity index (χ2n) is 5.70. The smallest absolute Gasteiger partial charge is 0.134 e. The van der Waals surface area contributed by atoms with Crippen LogP contribution in [0.4, 0.5) is 11.6 Å².